The maximum Gasteiger partial charge on any atom is 0.283 e. The third kappa shape index (κ3) is 3.52. The number of amides is 1. The van der Waals surface area contributed by atoms with Crippen molar-refractivity contribution < 1.29 is 9.21 Å². The van der Waals surface area contributed by atoms with E-state index in [1.807, 2.05) is 49.4 Å². The minimum Gasteiger partial charge on any atom is -0.457 e. The lowest BCUT2D eigenvalue weighted by molar-refractivity contribution is -0.114. The van der Waals surface area contributed by atoms with Gasteiger partial charge >= 0.3 is 0 Å². The highest BCUT2D eigenvalue weighted by Gasteiger charge is 2.36. The van der Waals surface area contributed by atoms with Crippen molar-refractivity contribution >= 4 is 51.4 Å². The molecule has 5 rings (SSSR count). The molecule has 0 saturated heterocycles. The number of nitrogens with zero attached hydrogens (tertiary/aromatic N) is 3. The molecule has 2 aromatic carbocycles. The molecule has 2 aliphatic heterocycles. The molecule has 1 amide bonds. The van der Waals surface area contributed by atoms with E-state index in [0.29, 0.717) is 26.8 Å². The Balaban J connectivity index is 1.47. The fraction of sp³-hybridized carbons (Fsp3) is 0.0435. The van der Waals surface area contributed by atoms with Crippen molar-refractivity contribution in [1.29, 1.82) is 5.41 Å². The molecule has 8 heteroatoms. The van der Waals surface area contributed by atoms with Gasteiger partial charge in [-0.25, -0.2) is 0 Å². The normalized spacial score (nSPS) is 17.1. The first-order chi connectivity index (χ1) is 15.0. The van der Waals surface area contributed by atoms with Gasteiger partial charge in [-0.1, -0.05) is 48.0 Å². The van der Waals surface area contributed by atoms with Crippen LogP contribution >= 0.6 is 23.4 Å². The number of carbonyl (C=O) groups is 1. The molecular weight excluding hydrogens is 432 g/mol. The molecule has 0 atom stereocenters. The van der Waals surface area contributed by atoms with Crippen LogP contribution in [-0.4, -0.2) is 27.0 Å². The number of aliphatic imine (C=N–C) groups is 1. The van der Waals surface area contributed by atoms with Crippen LogP contribution in [0.5, 0.6) is 0 Å². The van der Waals surface area contributed by atoms with Crippen LogP contribution < -0.4 is 0 Å². The number of amidine groups is 2. The van der Waals surface area contributed by atoms with Gasteiger partial charge < -0.3 is 4.42 Å². The van der Waals surface area contributed by atoms with Crippen LogP contribution in [0.2, 0.25) is 5.02 Å². The van der Waals surface area contributed by atoms with Gasteiger partial charge in [0.05, 0.1) is 10.6 Å². The Morgan fingerprint density at radius 2 is 1.81 bits per heavy atom. The SMILES string of the molecule is Cc1ccccc1C1=NN2C(=N)C(=Cc3ccc(-c4ccccc4Cl)o3)C(=O)N=C2S1. The summed E-state index contributed by atoms with van der Waals surface area (Å²) in [5.74, 6) is 0.465. The average molecular weight is 447 g/mol. The molecule has 152 valence electrons. The Labute approximate surface area is 187 Å². The fourth-order valence-electron chi connectivity index (χ4n) is 3.29. The van der Waals surface area contributed by atoms with E-state index >= 15 is 0 Å². The number of nitrogens with one attached hydrogen (secondary N) is 1. The maximum absolute atomic E-state index is 12.6. The number of rotatable bonds is 3. The first-order valence-electron chi connectivity index (χ1n) is 9.42. The lowest BCUT2D eigenvalue weighted by atomic mass is 10.1. The van der Waals surface area contributed by atoms with Crippen LogP contribution in [-0.2, 0) is 4.79 Å². The smallest absolute Gasteiger partial charge is 0.283 e. The summed E-state index contributed by atoms with van der Waals surface area (Å²) >= 11 is 7.52. The summed E-state index contributed by atoms with van der Waals surface area (Å²) in [5, 5.41) is 16.1. The average Bonchev–Trinajstić information content (AvgIpc) is 3.39. The number of thioether (sulfide) groups is 1. The second-order valence-corrected chi connectivity index (χ2v) is 8.29. The number of hydrogen-bond donors (Lipinski definition) is 1. The molecule has 0 aliphatic carbocycles. The Kier molecular flexibility index (Phi) is 4.84. The fourth-order valence-corrected chi connectivity index (χ4v) is 4.50. The van der Waals surface area contributed by atoms with Crippen molar-refractivity contribution in [3.8, 4) is 11.3 Å². The van der Waals surface area contributed by atoms with Gasteiger partial charge in [0.2, 0.25) is 5.17 Å². The van der Waals surface area contributed by atoms with Crippen LogP contribution in [0.15, 0.2) is 80.7 Å². The maximum atomic E-state index is 12.6. The molecule has 3 heterocycles. The summed E-state index contributed by atoms with van der Waals surface area (Å²) in [5.41, 5.74) is 2.87. The van der Waals surface area contributed by atoms with E-state index in [1.54, 1.807) is 18.2 Å². The van der Waals surface area contributed by atoms with Gasteiger partial charge in [-0.3, -0.25) is 10.2 Å². The number of hydrogen-bond acceptors (Lipinski definition) is 5. The molecule has 2 aliphatic rings. The summed E-state index contributed by atoms with van der Waals surface area (Å²) in [6.07, 6.45) is 1.51. The third-order valence-corrected chi connectivity index (χ3v) is 6.15. The number of furan rings is 1. The van der Waals surface area contributed by atoms with Crippen molar-refractivity contribution in [1.82, 2.24) is 5.01 Å². The largest absolute Gasteiger partial charge is 0.457 e. The van der Waals surface area contributed by atoms with E-state index in [1.165, 1.54) is 22.8 Å². The van der Waals surface area contributed by atoms with Crippen molar-refractivity contribution in [3.05, 3.63) is 88.1 Å². The number of halogens is 1. The van der Waals surface area contributed by atoms with Gasteiger partial charge in [0, 0.05) is 11.1 Å². The van der Waals surface area contributed by atoms with E-state index < -0.39 is 5.91 Å². The molecule has 6 nitrogen and oxygen atoms in total. The number of benzene rings is 2. The summed E-state index contributed by atoms with van der Waals surface area (Å²) in [6.45, 7) is 1.99. The Morgan fingerprint density at radius 3 is 2.58 bits per heavy atom. The Hall–Kier alpha value is -3.42. The van der Waals surface area contributed by atoms with Crippen LogP contribution in [0.25, 0.3) is 17.4 Å². The molecule has 0 radical (unpaired) electrons. The van der Waals surface area contributed by atoms with Gasteiger partial charge in [0.15, 0.2) is 5.84 Å². The lowest BCUT2D eigenvalue weighted by Gasteiger charge is -2.19. The zero-order valence-electron chi connectivity index (χ0n) is 16.3. The number of hydrazone groups is 1. The van der Waals surface area contributed by atoms with Gasteiger partial charge in [-0.2, -0.15) is 15.1 Å². The molecule has 0 bridgehead atoms. The zero-order valence-corrected chi connectivity index (χ0v) is 17.9. The highest BCUT2D eigenvalue weighted by Crippen LogP contribution is 2.33. The van der Waals surface area contributed by atoms with Crippen LogP contribution in [0, 0.1) is 12.3 Å². The summed E-state index contributed by atoms with van der Waals surface area (Å²) in [6, 6.07) is 18.7. The number of fused-ring (bicyclic) bond motifs is 1. The van der Waals surface area contributed by atoms with E-state index in [2.05, 4.69) is 10.1 Å². The lowest BCUT2D eigenvalue weighted by Crippen LogP contribution is -2.35. The van der Waals surface area contributed by atoms with Crippen molar-refractivity contribution in [2.45, 2.75) is 6.92 Å². The van der Waals surface area contributed by atoms with Crippen LogP contribution in [0.4, 0.5) is 0 Å². The van der Waals surface area contributed by atoms with E-state index in [-0.39, 0.29) is 11.4 Å². The van der Waals surface area contributed by atoms with Crippen molar-refractivity contribution in [2.24, 2.45) is 10.1 Å². The summed E-state index contributed by atoms with van der Waals surface area (Å²) in [7, 11) is 0. The second kappa shape index (κ2) is 7.68. The Morgan fingerprint density at radius 1 is 1.06 bits per heavy atom. The van der Waals surface area contributed by atoms with E-state index in [9.17, 15) is 4.79 Å². The highest BCUT2D eigenvalue weighted by atomic mass is 35.5. The standard InChI is InChI=1S/C23H15ClN4O2S/c1-13-6-2-3-7-15(13)22-27-28-20(25)17(21(29)26-23(28)31-22)12-14-10-11-19(30-14)16-8-4-5-9-18(16)24/h2-12,25H,1H3. The zero-order chi connectivity index (χ0) is 21.5. The summed E-state index contributed by atoms with van der Waals surface area (Å²) in [4.78, 5) is 16.8. The monoisotopic (exact) mass is 446 g/mol. The van der Waals surface area contributed by atoms with Crippen molar-refractivity contribution in [2.75, 3.05) is 0 Å². The van der Waals surface area contributed by atoms with Gasteiger partial charge in [-0.15, -0.1) is 0 Å². The highest BCUT2D eigenvalue weighted by molar-refractivity contribution is 8.27. The van der Waals surface area contributed by atoms with Crippen LogP contribution in [0.3, 0.4) is 0 Å². The second-order valence-electron chi connectivity index (χ2n) is 6.92. The predicted molar refractivity (Wildman–Crippen MR) is 124 cm³/mol. The molecule has 0 spiro atoms. The topological polar surface area (TPSA) is 82.0 Å². The molecule has 3 aromatic rings. The van der Waals surface area contributed by atoms with E-state index in [0.717, 1.165) is 16.7 Å². The molecule has 1 N–H and O–H groups in total. The van der Waals surface area contributed by atoms with Gasteiger partial charge in [0.1, 0.15) is 16.6 Å². The first kappa shape index (κ1) is 19.5. The number of carbonyl (C=O) groups excluding carboxylic acids is 1. The predicted octanol–water partition coefficient (Wildman–Crippen LogP) is 5.58. The molecular formula is C23H15ClN4O2S. The quantitative estimate of drug-likeness (QED) is 0.533. The van der Waals surface area contributed by atoms with Gasteiger partial charge in [0.25, 0.3) is 5.91 Å². The summed E-state index contributed by atoms with van der Waals surface area (Å²) < 4.78 is 5.85. The van der Waals surface area contributed by atoms with Crippen LogP contribution in [0.1, 0.15) is 16.9 Å². The molecule has 1 aromatic heterocycles. The molecule has 0 saturated carbocycles. The van der Waals surface area contributed by atoms with Crippen molar-refractivity contribution in [3.63, 3.8) is 0 Å². The molecule has 0 unspecified atom stereocenters. The minimum atomic E-state index is -0.499. The number of aryl methyl sites for hydroxylation is 1. The molecule has 31 heavy (non-hydrogen) atoms. The van der Waals surface area contributed by atoms with E-state index in [4.69, 9.17) is 21.4 Å². The third-order valence-electron chi connectivity index (χ3n) is 4.88. The minimum absolute atomic E-state index is 0.0400. The first-order valence-corrected chi connectivity index (χ1v) is 10.6. The van der Waals surface area contributed by atoms with Gasteiger partial charge in [-0.05, 0) is 54.6 Å². The Bertz CT molecular complexity index is 1340. The molecule has 0 fully saturated rings.